The summed E-state index contributed by atoms with van der Waals surface area (Å²) >= 11 is 0. The van der Waals surface area contributed by atoms with E-state index in [0.29, 0.717) is 23.1 Å². The maximum Gasteiger partial charge on any atom is 0.254 e. The Morgan fingerprint density at radius 3 is 2.65 bits per heavy atom. The first kappa shape index (κ1) is 14.8. The number of rotatable bonds is 6. The minimum atomic E-state index is 0.130. The second kappa shape index (κ2) is 6.74. The van der Waals surface area contributed by atoms with Crippen molar-refractivity contribution in [1.82, 2.24) is 10.2 Å². The molecule has 0 aliphatic carbocycles. The van der Waals surface area contributed by atoms with Gasteiger partial charge in [-0.25, -0.2) is 0 Å². The molecule has 0 amide bonds. The van der Waals surface area contributed by atoms with Crippen molar-refractivity contribution in [3.63, 3.8) is 0 Å². The number of ether oxygens (including phenoxy) is 2. The molecule has 2 aromatic carbocycles. The minimum Gasteiger partial charge on any atom is -0.497 e. The molecule has 0 bridgehead atoms. The van der Waals surface area contributed by atoms with Gasteiger partial charge < -0.3 is 13.9 Å². The average molecular weight is 310 g/mol. The van der Waals surface area contributed by atoms with Gasteiger partial charge in [0.2, 0.25) is 5.89 Å². The number of nitrogens with zero attached hydrogens (tertiary/aromatic N) is 2. The number of benzene rings is 2. The molecule has 116 valence electrons. The molecular formula is C17H14N2O4. The lowest BCUT2D eigenvalue weighted by molar-refractivity contribution is 0.112. The van der Waals surface area contributed by atoms with Crippen LogP contribution in [-0.4, -0.2) is 23.6 Å². The zero-order valence-electron chi connectivity index (χ0n) is 12.4. The molecule has 0 saturated heterocycles. The van der Waals surface area contributed by atoms with E-state index in [1.165, 1.54) is 0 Å². The van der Waals surface area contributed by atoms with E-state index in [-0.39, 0.29) is 6.61 Å². The van der Waals surface area contributed by atoms with Crippen LogP contribution in [0.25, 0.3) is 11.5 Å². The number of hydrogen-bond acceptors (Lipinski definition) is 6. The molecule has 3 rings (SSSR count). The van der Waals surface area contributed by atoms with Crippen LogP contribution in [0.2, 0.25) is 0 Å². The van der Waals surface area contributed by atoms with E-state index in [1.807, 2.05) is 24.3 Å². The molecule has 0 aliphatic heterocycles. The highest BCUT2D eigenvalue weighted by atomic mass is 16.5. The molecule has 0 saturated carbocycles. The molecular weight excluding hydrogens is 296 g/mol. The third-order valence-electron chi connectivity index (χ3n) is 3.16. The van der Waals surface area contributed by atoms with Crippen LogP contribution in [-0.2, 0) is 6.61 Å². The minimum absolute atomic E-state index is 0.130. The normalized spacial score (nSPS) is 10.3. The molecule has 0 atom stereocenters. The van der Waals surface area contributed by atoms with Crippen molar-refractivity contribution in [1.29, 1.82) is 0 Å². The van der Waals surface area contributed by atoms with Crippen molar-refractivity contribution in [2.75, 3.05) is 7.11 Å². The summed E-state index contributed by atoms with van der Waals surface area (Å²) in [6.07, 6.45) is 0.765. The van der Waals surface area contributed by atoms with Crippen molar-refractivity contribution in [3.05, 3.63) is 60.0 Å². The van der Waals surface area contributed by atoms with Crippen molar-refractivity contribution in [2.24, 2.45) is 0 Å². The first-order valence-electron chi connectivity index (χ1n) is 6.93. The molecule has 1 heterocycles. The van der Waals surface area contributed by atoms with Crippen LogP contribution < -0.4 is 9.47 Å². The average Bonchev–Trinajstić information content (AvgIpc) is 3.09. The molecule has 1 aromatic heterocycles. The van der Waals surface area contributed by atoms with Gasteiger partial charge in [0.05, 0.1) is 7.11 Å². The summed E-state index contributed by atoms with van der Waals surface area (Å²) < 4.78 is 16.2. The van der Waals surface area contributed by atoms with Gasteiger partial charge in [0.25, 0.3) is 5.89 Å². The van der Waals surface area contributed by atoms with Crippen LogP contribution in [0.1, 0.15) is 16.2 Å². The fourth-order valence-corrected chi connectivity index (χ4v) is 1.98. The van der Waals surface area contributed by atoms with Gasteiger partial charge in [0.1, 0.15) is 17.8 Å². The van der Waals surface area contributed by atoms with Gasteiger partial charge in [-0.1, -0.05) is 12.1 Å². The molecule has 0 fully saturated rings. The van der Waals surface area contributed by atoms with Crippen molar-refractivity contribution in [3.8, 4) is 23.0 Å². The van der Waals surface area contributed by atoms with E-state index in [1.54, 1.807) is 31.4 Å². The maximum absolute atomic E-state index is 10.7. The number of hydrogen-bond donors (Lipinski definition) is 0. The molecule has 0 aliphatic rings. The maximum atomic E-state index is 10.7. The summed E-state index contributed by atoms with van der Waals surface area (Å²) in [5, 5.41) is 7.94. The van der Waals surface area contributed by atoms with Crippen LogP contribution in [0.3, 0.4) is 0 Å². The highest BCUT2D eigenvalue weighted by Gasteiger charge is 2.09. The lowest BCUT2D eigenvalue weighted by Gasteiger charge is -2.03. The Hall–Kier alpha value is -3.15. The van der Waals surface area contributed by atoms with E-state index < -0.39 is 0 Å². The van der Waals surface area contributed by atoms with Crippen LogP contribution in [0, 0.1) is 0 Å². The fraction of sp³-hybridized carbons (Fsp3) is 0.118. The highest BCUT2D eigenvalue weighted by molar-refractivity contribution is 5.75. The summed E-state index contributed by atoms with van der Waals surface area (Å²) in [5.74, 6) is 2.09. The van der Waals surface area contributed by atoms with E-state index in [2.05, 4.69) is 10.2 Å². The standard InChI is InChI=1S/C17H14N2O4/c1-21-14-7-5-13(6-8-14)17-19-18-16(23-17)11-22-15-4-2-3-12(9-15)10-20/h2-10H,11H2,1H3. The van der Waals surface area contributed by atoms with Crippen LogP contribution in [0.5, 0.6) is 11.5 Å². The Morgan fingerprint density at radius 2 is 1.91 bits per heavy atom. The Balaban J connectivity index is 1.67. The van der Waals surface area contributed by atoms with E-state index in [4.69, 9.17) is 13.9 Å². The number of methoxy groups -OCH3 is 1. The molecule has 0 spiro atoms. The summed E-state index contributed by atoms with van der Waals surface area (Å²) in [4.78, 5) is 10.7. The number of aldehydes is 1. The third kappa shape index (κ3) is 3.55. The number of carbonyl (C=O) groups excluding carboxylic acids is 1. The van der Waals surface area contributed by atoms with E-state index in [9.17, 15) is 4.79 Å². The van der Waals surface area contributed by atoms with Gasteiger partial charge in [-0.15, -0.1) is 10.2 Å². The summed E-state index contributed by atoms with van der Waals surface area (Å²) in [5.41, 5.74) is 1.35. The third-order valence-corrected chi connectivity index (χ3v) is 3.16. The Bertz CT molecular complexity index is 796. The van der Waals surface area contributed by atoms with Gasteiger partial charge >= 0.3 is 0 Å². The topological polar surface area (TPSA) is 74.5 Å². The zero-order valence-corrected chi connectivity index (χ0v) is 12.4. The van der Waals surface area contributed by atoms with Crippen LogP contribution in [0.15, 0.2) is 52.9 Å². The first-order chi connectivity index (χ1) is 11.3. The number of aromatic nitrogens is 2. The van der Waals surface area contributed by atoms with Crippen molar-refractivity contribution >= 4 is 6.29 Å². The molecule has 6 nitrogen and oxygen atoms in total. The second-order valence-electron chi connectivity index (χ2n) is 4.71. The van der Waals surface area contributed by atoms with Gasteiger partial charge in [0, 0.05) is 11.1 Å². The highest BCUT2D eigenvalue weighted by Crippen LogP contribution is 2.21. The van der Waals surface area contributed by atoms with Crippen molar-refractivity contribution < 1.29 is 18.7 Å². The Morgan fingerprint density at radius 1 is 1.09 bits per heavy atom. The smallest absolute Gasteiger partial charge is 0.254 e. The van der Waals surface area contributed by atoms with Crippen molar-refractivity contribution in [2.45, 2.75) is 6.61 Å². The molecule has 3 aromatic rings. The molecule has 0 N–H and O–H groups in total. The van der Waals surface area contributed by atoms with E-state index in [0.717, 1.165) is 17.6 Å². The summed E-state index contributed by atoms with van der Waals surface area (Å²) in [6, 6.07) is 14.2. The molecule has 6 heteroatoms. The lowest BCUT2D eigenvalue weighted by Crippen LogP contribution is -1.96. The van der Waals surface area contributed by atoms with Crippen LogP contribution >= 0.6 is 0 Å². The molecule has 23 heavy (non-hydrogen) atoms. The Labute approximate surface area is 132 Å². The first-order valence-corrected chi connectivity index (χ1v) is 6.93. The SMILES string of the molecule is COc1ccc(-c2nnc(COc3cccc(C=O)c3)o2)cc1. The van der Waals surface area contributed by atoms with Crippen LogP contribution in [0.4, 0.5) is 0 Å². The molecule has 0 unspecified atom stereocenters. The predicted molar refractivity (Wildman–Crippen MR) is 82.4 cm³/mol. The Kier molecular flexibility index (Phi) is 4.33. The van der Waals surface area contributed by atoms with Gasteiger partial charge in [-0.3, -0.25) is 4.79 Å². The fourth-order valence-electron chi connectivity index (χ4n) is 1.98. The summed E-state index contributed by atoms with van der Waals surface area (Å²) in [6.45, 7) is 0.130. The predicted octanol–water partition coefficient (Wildman–Crippen LogP) is 3.14. The largest absolute Gasteiger partial charge is 0.497 e. The molecule has 0 radical (unpaired) electrons. The second-order valence-corrected chi connectivity index (χ2v) is 4.71. The monoisotopic (exact) mass is 310 g/mol. The van der Waals surface area contributed by atoms with Gasteiger partial charge in [-0.05, 0) is 36.4 Å². The number of carbonyl (C=O) groups is 1. The lowest BCUT2D eigenvalue weighted by atomic mass is 10.2. The van der Waals surface area contributed by atoms with E-state index >= 15 is 0 Å². The summed E-state index contributed by atoms with van der Waals surface area (Å²) in [7, 11) is 1.61. The zero-order chi connectivity index (χ0) is 16.1. The van der Waals surface area contributed by atoms with Gasteiger partial charge in [-0.2, -0.15) is 0 Å². The quantitative estimate of drug-likeness (QED) is 0.651. The van der Waals surface area contributed by atoms with Gasteiger partial charge in [0.15, 0.2) is 6.61 Å².